The van der Waals surface area contributed by atoms with Gasteiger partial charge in [-0.25, -0.2) is 0 Å². The molecule has 17 heavy (non-hydrogen) atoms. The summed E-state index contributed by atoms with van der Waals surface area (Å²) >= 11 is 7.49. The number of ether oxygens (including phenoxy) is 1. The van der Waals surface area contributed by atoms with E-state index < -0.39 is 0 Å². The minimum Gasteiger partial charge on any atom is -0.394 e. The fraction of sp³-hybridized carbons (Fsp3) is 0.364. The second-order valence-electron chi connectivity index (χ2n) is 3.26. The minimum absolute atomic E-state index is 0.0127. The number of aliphatic hydroxyl groups is 1. The molecule has 0 spiro atoms. The molecule has 2 N–H and O–H groups in total. The zero-order chi connectivity index (χ0) is 12.7. The Labute approximate surface area is 114 Å². The standard InChI is InChI=1S/C11H14BrNO3S/c12-10-2-1-8(17)7-9(10)11(15)13-3-5-16-6-4-14/h1-2,7,14,17H,3-6H2,(H,13,15). The van der Waals surface area contributed by atoms with E-state index >= 15 is 0 Å². The molecular formula is C11H14BrNO3S. The quantitative estimate of drug-likeness (QED) is 0.550. The first kappa shape index (κ1) is 14.5. The van der Waals surface area contributed by atoms with Gasteiger partial charge in [0.2, 0.25) is 0 Å². The van der Waals surface area contributed by atoms with Gasteiger partial charge in [-0.15, -0.1) is 12.6 Å². The van der Waals surface area contributed by atoms with E-state index in [-0.39, 0.29) is 19.1 Å². The molecule has 0 aliphatic heterocycles. The van der Waals surface area contributed by atoms with Gasteiger partial charge in [0.25, 0.3) is 5.91 Å². The van der Waals surface area contributed by atoms with E-state index in [2.05, 4.69) is 33.9 Å². The van der Waals surface area contributed by atoms with Crippen molar-refractivity contribution in [2.45, 2.75) is 4.90 Å². The van der Waals surface area contributed by atoms with Gasteiger partial charge in [-0.05, 0) is 34.1 Å². The third-order valence-corrected chi connectivity index (χ3v) is 2.93. The molecule has 0 saturated carbocycles. The zero-order valence-electron chi connectivity index (χ0n) is 9.15. The van der Waals surface area contributed by atoms with Crippen LogP contribution in [0.25, 0.3) is 0 Å². The van der Waals surface area contributed by atoms with Crippen LogP contribution in [0, 0.1) is 0 Å². The Kier molecular flexibility index (Phi) is 6.57. The molecule has 4 nitrogen and oxygen atoms in total. The summed E-state index contributed by atoms with van der Waals surface area (Å²) in [5.41, 5.74) is 0.541. The molecule has 0 atom stereocenters. The van der Waals surface area contributed by atoms with E-state index in [1.54, 1.807) is 18.2 Å². The summed E-state index contributed by atoms with van der Waals surface area (Å²) in [6, 6.07) is 5.27. The Morgan fingerprint density at radius 3 is 2.94 bits per heavy atom. The van der Waals surface area contributed by atoms with Crippen molar-refractivity contribution in [3.05, 3.63) is 28.2 Å². The number of hydrogen-bond donors (Lipinski definition) is 3. The van der Waals surface area contributed by atoms with E-state index in [1.807, 2.05) is 0 Å². The van der Waals surface area contributed by atoms with Crippen molar-refractivity contribution in [3.63, 3.8) is 0 Å². The summed E-state index contributed by atoms with van der Waals surface area (Å²) in [6.45, 7) is 1.05. The number of halogens is 1. The molecule has 0 unspecified atom stereocenters. The van der Waals surface area contributed by atoms with Crippen LogP contribution in [-0.2, 0) is 4.74 Å². The lowest BCUT2D eigenvalue weighted by atomic mass is 10.2. The summed E-state index contributed by atoms with van der Waals surface area (Å²) in [5, 5.41) is 11.2. The lowest BCUT2D eigenvalue weighted by Crippen LogP contribution is -2.27. The molecule has 94 valence electrons. The minimum atomic E-state index is -0.180. The van der Waals surface area contributed by atoms with Crippen molar-refractivity contribution in [1.82, 2.24) is 5.32 Å². The van der Waals surface area contributed by atoms with Crippen molar-refractivity contribution in [2.24, 2.45) is 0 Å². The molecule has 1 aromatic rings. The largest absolute Gasteiger partial charge is 0.394 e. The fourth-order valence-electron chi connectivity index (χ4n) is 1.19. The third-order valence-electron chi connectivity index (χ3n) is 1.96. The van der Waals surface area contributed by atoms with Crippen molar-refractivity contribution in [1.29, 1.82) is 0 Å². The van der Waals surface area contributed by atoms with E-state index in [0.717, 1.165) is 9.37 Å². The maximum atomic E-state index is 11.8. The number of aliphatic hydroxyl groups excluding tert-OH is 1. The van der Waals surface area contributed by atoms with Gasteiger partial charge < -0.3 is 15.2 Å². The second kappa shape index (κ2) is 7.71. The Morgan fingerprint density at radius 2 is 2.24 bits per heavy atom. The number of rotatable bonds is 6. The molecule has 0 bridgehead atoms. The third kappa shape index (κ3) is 5.08. The predicted molar refractivity (Wildman–Crippen MR) is 71.6 cm³/mol. The van der Waals surface area contributed by atoms with E-state index in [1.165, 1.54) is 0 Å². The first-order valence-electron chi connectivity index (χ1n) is 5.10. The van der Waals surface area contributed by atoms with Crippen LogP contribution in [0.1, 0.15) is 10.4 Å². The van der Waals surface area contributed by atoms with Crippen LogP contribution >= 0.6 is 28.6 Å². The lowest BCUT2D eigenvalue weighted by molar-refractivity contribution is 0.0837. The normalized spacial score (nSPS) is 10.3. The molecule has 0 aliphatic carbocycles. The molecule has 0 saturated heterocycles. The van der Waals surface area contributed by atoms with Crippen LogP contribution in [0.5, 0.6) is 0 Å². The van der Waals surface area contributed by atoms with Crippen LogP contribution in [0.3, 0.4) is 0 Å². The average Bonchev–Trinajstić information content (AvgIpc) is 2.32. The highest BCUT2D eigenvalue weighted by Gasteiger charge is 2.09. The van der Waals surface area contributed by atoms with E-state index in [4.69, 9.17) is 9.84 Å². The molecule has 0 aromatic heterocycles. The van der Waals surface area contributed by atoms with Crippen molar-refractivity contribution < 1.29 is 14.6 Å². The SMILES string of the molecule is O=C(NCCOCCO)c1cc(S)ccc1Br. The van der Waals surface area contributed by atoms with Crippen molar-refractivity contribution in [2.75, 3.05) is 26.4 Å². The van der Waals surface area contributed by atoms with Gasteiger partial charge in [-0.2, -0.15) is 0 Å². The molecule has 0 heterocycles. The number of nitrogens with one attached hydrogen (secondary N) is 1. The van der Waals surface area contributed by atoms with Crippen LogP contribution in [-0.4, -0.2) is 37.4 Å². The molecule has 0 aliphatic rings. The molecule has 6 heteroatoms. The lowest BCUT2D eigenvalue weighted by Gasteiger charge is -2.07. The summed E-state index contributed by atoms with van der Waals surface area (Å²) in [4.78, 5) is 12.5. The number of carbonyl (C=O) groups excluding carboxylic acids is 1. The highest BCUT2D eigenvalue weighted by atomic mass is 79.9. The van der Waals surface area contributed by atoms with Crippen LogP contribution in [0.4, 0.5) is 0 Å². The average molecular weight is 320 g/mol. The summed E-state index contributed by atoms with van der Waals surface area (Å²) in [7, 11) is 0. The Hall–Kier alpha value is -0.560. The predicted octanol–water partition coefficient (Wildman–Crippen LogP) is 1.48. The van der Waals surface area contributed by atoms with Gasteiger partial charge in [-0.1, -0.05) is 0 Å². The second-order valence-corrected chi connectivity index (χ2v) is 4.63. The Balaban J connectivity index is 2.44. The number of thiol groups is 1. The first-order chi connectivity index (χ1) is 8.15. The summed E-state index contributed by atoms with van der Waals surface area (Å²) in [5.74, 6) is -0.180. The monoisotopic (exact) mass is 319 g/mol. The van der Waals surface area contributed by atoms with Crippen LogP contribution in [0.2, 0.25) is 0 Å². The molecular weight excluding hydrogens is 306 g/mol. The molecule has 1 aromatic carbocycles. The highest BCUT2D eigenvalue weighted by Crippen LogP contribution is 2.19. The topological polar surface area (TPSA) is 58.6 Å². The number of amides is 1. The van der Waals surface area contributed by atoms with Gasteiger partial charge in [0.05, 0.1) is 25.4 Å². The summed E-state index contributed by atoms with van der Waals surface area (Å²) < 4.78 is 5.76. The number of benzene rings is 1. The van der Waals surface area contributed by atoms with Gasteiger partial charge in [0, 0.05) is 15.9 Å². The smallest absolute Gasteiger partial charge is 0.252 e. The van der Waals surface area contributed by atoms with Gasteiger partial charge >= 0.3 is 0 Å². The number of carbonyl (C=O) groups is 1. The van der Waals surface area contributed by atoms with E-state index in [0.29, 0.717) is 18.7 Å². The van der Waals surface area contributed by atoms with Gasteiger partial charge in [0.1, 0.15) is 0 Å². The fourth-order valence-corrected chi connectivity index (χ4v) is 1.82. The molecule has 0 radical (unpaired) electrons. The Bertz CT molecular complexity index is 387. The van der Waals surface area contributed by atoms with Gasteiger partial charge in [0.15, 0.2) is 0 Å². The van der Waals surface area contributed by atoms with E-state index in [9.17, 15) is 4.79 Å². The van der Waals surface area contributed by atoms with Crippen LogP contribution in [0.15, 0.2) is 27.6 Å². The molecule has 1 rings (SSSR count). The van der Waals surface area contributed by atoms with Crippen molar-refractivity contribution in [3.8, 4) is 0 Å². The zero-order valence-corrected chi connectivity index (χ0v) is 11.6. The van der Waals surface area contributed by atoms with Crippen molar-refractivity contribution >= 4 is 34.5 Å². The first-order valence-corrected chi connectivity index (χ1v) is 6.34. The maximum absolute atomic E-state index is 11.8. The molecule has 0 fully saturated rings. The summed E-state index contributed by atoms with van der Waals surface area (Å²) in [6.07, 6.45) is 0. The molecule has 1 amide bonds. The Morgan fingerprint density at radius 1 is 1.47 bits per heavy atom. The maximum Gasteiger partial charge on any atom is 0.252 e. The van der Waals surface area contributed by atoms with Crippen LogP contribution < -0.4 is 5.32 Å². The number of hydrogen-bond acceptors (Lipinski definition) is 4. The van der Waals surface area contributed by atoms with Gasteiger partial charge in [-0.3, -0.25) is 4.79 Å². The highest BCUT2D eigenvalue weighted by molar-refractivity contribution is 9.10.